The number of aromatic nitrogens is 2. The largest absolute Gasteiger partial charge is 0.370 e. The van der Waals surface area contributed by atoms with Gasteiger partial charge in [0.25, 0.3) is 0 Å². The van der Waals surface area contributed by atoms with Gasteiger partial charge in [0.2, 0.25) is 5.82 Å². The van der Waals surface area contributed by atoms with Gasteiger partial charge in [0.1, 0.15) is 5.82 Å². The lowest BCUT2D eigenvalue weighted by atomic mass is 10.1. The molecule has 20 heavy (non-hydrogen) atoms. The number of para-hydroxylation sites is 1. The van der Waals surface area contributed by atoms with Crippen molar-refractivity contribution in [1.82, 2.24) is 9.97 Å². The Bertz CT molecular complexity index is 628. The Kier molecular flexibility index (Phi) is 3.78. The second kappa shape index (κ2) is 5.22. The summed E-state index contributed by atoms with van der Waals surface area (Å²) in [6.45, 7) is 3.86. The van der Waals surface area contributed by atoms with E-state index in [1.54, 1.807) is 32.0 Å². The van der Waals surface area contributed by atoms with Crippen molar-refractivity contribution >= 4 is 16.7 Å². The minimum Gasteiger partial charge on any atom is -0.370 e. The minimum atomic E-state index is -4.37. The molecule has 0 aliphatic heterocycles. The molecule has 0 bridgehead atoms. The summed E-state index contributed by atoms with van der Waals surface area (Å²) in [5, 5.41) is 3.33. The summed E-state index contributed by atoms with van der Waals surface area (Å²) in [7, 11) is 0. The van der Waals surface area contributed by atoms with Crippen molar-refractivity contribution in [2.24, 2.45) is 0 Å². The van der Waals surface area contributed by atoms with E-state index in [2.05, 4.69) is 15.3 Å². The van der Waals surface area contributed by atoms with Gasteiger partial charge in [0.15, 0.2) is 0 Å². The first kappa shape index (κ1) is 14.5. The smallest absolute Gasteiger partial charge is 0.365 e. The number of fused-ring (bicyclic) bond motifs is 1. The van der Waals surface area contributed by atoms with E-state index < -0.39 is 18.2 Å². The van der Waals surface area contributed by atoms with Crippen LogP contribution in [-0.2, 0) is 5.92 Å². The third-order valence-corrected chi connectivity index (χ3v) is 2.84. The number of rotatable bonds is 4. The summed E-state index contributed by atoms with van der Waals surface area (Å²) in [5.41, 5.74) is 0.865. The highest BCUT2D eigenvalue weighted by Gasteiger charge is 2.46. The summed E-state index contributed by atoms with van der Waals surface area (Å²) in [6, 6.07) is 5.06. The van der Waals surface area contributed by atoms with E-state index in [4.69, 9.17) is 0 Å². The normalized spacial score (nSPS) is 12.2. The van der Waals surface area contributed by atoms with E-state index in [9.17, 15) is 17.6 Å². The fraction of sp³-hybridized carbons (Fsp3) is 0.385. The highest BCUT2D eigenvalue weighted by molar-refractivity contribution is 5.91. The maximum Gasteiger partial charge on any atom is 0.365 e. The van der Waals surface area contributed by atoms with E-state index >= 15 is 0 Å². The van der Waals surface area contributed by atoms with Crippen molar-refractivity contribution < 1.29 is 17.6 Å². The quantitative estimate of drug-likeness (QED) is 0.871. The molecule has 0 radical (unpaired) electrons. The molecule has 2 rings (SSSR count). The molecule has 1 heterocycles. The molecule has 0 saturated heterocycles. The van der Waals surface area contributed by atoms with Crippen molar-refractivity contribution in [2.45, 2.75) is 26.2 Å². The first-order valence-electron chi connectivity index (χ1n) is 6.05. The van der Waals surface area contributed by atoms with Crippen LogP contribution in [0.5, 0.6) is 0 Å². The summed E-state index contributed by atoms with van der Waals surface area (Å²) < 4.78 is 51.8. The highest BCUT2D eigenvalue weighted by Crippen LogP contribution is 2.35. The van der Waals surface area contributed by atoms with E-state index in [0.29, 0.717) is 17.5 Å². The average molecular weight is 287 g/mol. The Morgan fingerprint density at radius 2 is 1.95 bits per heavy atom. The molecular formula is C13H13F4N3. The number of alkyl halides is 4. The number of halogens is 4. The lowest BCUT2D eigenvalue weighted by Crippen LogP contribution is -2.27. The molecular weight excluding hydrogens is 274 g/mol. The lowest BCUT2D eigenvalue weighted by Gasteiger charge is -2.16. The van der Waals surface area contributed by atoms with Gasteiger partial charge in [-0.15, -0.1) is 0 Å². The summed E-state index contributed by atoms with van der Waals surface area (Å²) in [6.07, 6.45) is -3.85. The van der Waals surface area contributed by atoms with Crippen LogP contribution in [0.15, 0.2) is 18.2 Å². The van der Waals surface area contributed by atoms with Gasteiger partial charge in [-0.1, -0.05) is 12.1 Å². The average Bonchev–Trinajstić information content (AvgIpc) is 2.39. The van der Waals surface area contributed by atoms with Gasteiger partial charge >= 0.3 is 12.3 Å². The maximum absolute atomic E-state index is 13.5. The van der Waals surface area contributed by atoms with Gasteiger partial charge in [0, 0.05) is 11.9 Å². The molecule has 1 aromatic heterocycles. The molecule has 108 valence electrons. The Balaban J connectivity index is 2.72. The van der Waals surface area contributed by atoms with Crippen molar-refractivity contribution in [3.8, 4) is 0 Å². The van der Waals surface area contributed by atoms with Crippen LogP contribution in [0.2, 0.25) is 0 Å². The van der Waals surface area contributed by atoms with Crippen molar-refractivity contribution in [3.63, 3.8) is 0 Å². The van der Waals surface area contributed by atoms with E-state index in [-0.39, 0.29) is 11.3 Å². The Hall–Kier alpha value is -1.92. The number of nitrogens with one attached hydrogen (secondary N) is 1. The zero-order chi connectivity index (χ0) is 14.9. The van der Waals surface area contributed by atoms with Gasteiger partial charge < -0.3 is 5.32 Å². The third kappa shape index (κ3) is 2.39. The molecule has 0 atom stereocenters. The molecule has 0 fully saturated rings. The molecule has 0 spiro atoms. The molecule has 7 heteroatoms. The number of hydrogen-bond acceptors (Lipinski definition) is 3. The predicted octanol–water partition coefficient (Wildman–Crippen LogP) is 3.73. The monoisotopic (exact) mass is 287 g/mol. The Morgan fingerprint density at radius 1 is 1.25 bits per heavy atom. The van der Waals surface area contributed by atoms with Crippen LogP contribution in [0.4, 0.5) is 23.4 Å². The van der Waals surface area contributed by atoms with E-state index in [0.717, 1.165) is 0 Å². The second-order valence-electron chi connectivity index (χ2n) is 4.32. The molecule has 1 N–H and O–H groups in total. The van der Waals surface area contributed by atoms with Crippen LogP contribution >= 0.6 is 0 Å². The first-order valence-corrected chi connectivity index (χ1v) is 6.05. The van der Waals surface area contributed by atoms with Crippen LogP contribution in [0.25, 0.3) is 10.9 Å². The molecule has 0 aliphatic carbocycles. The van der Waals surface area contributed by atoms with Gasteiger partial charge in [0.05, 0.1) is 5.52 Å². The molecule has 0 saturated carbocycles. The van der Waals surface area contributed by atoms with Crippen LogP contribution < -0.4 is 5.32 Å². The molecule has 0 unspecified atom stereocenters. The standard InChI is InChI=1S/C13H13F4N3/c1-3-18-10-8-6-4-5-7(2)9(8)19-12(20-10)13(16,17)11(14)15/h4-6,11H,3H2,1-2H3,(H,18,19,20). The number of benzene rings is 1. The fourth-order valence-electron chi connectivity index (χ4n) is 1.84. The highest BCUT2D eigenvalue weighted by atomic mass is 19.3. The van der Waals surface area contributed by atoms with Crippen LogP contribution in [-0.4, -0.2) is 22.9 Å². The van der Waals surface area contributed by atoms with Crippen LogP contribution in [0.3, 0.4) is 0 Å². The van der Waals surface area contributed by atoms with Crippen molar-refractivity contribution in [3.05, 3.63) is 29.6 Å². The number of hydrogen-bond donors (Lipinski definition) is 1. The number of nitrogens with zero attached hydrogens (tertiary/aromatic N) is 2. The predicted molar refractivity (Wildman–Crippen MR) is 68.3 cm³/mol. The topological polar surface area (TPSA) is 37.8 Å². The van der Waals surface area contributed by atoms with Gasteiger partial charge in [-0.25, -0.2) is 18.7 Å². The van der Waals surface area contributed by atoms with Crippen molar-refractivity contribution in [2.75, 3.05) is 11.9 Å². The second-order valence-corrected chi connectivity index (χ2v) is 4.32. The van der Waals surface area contributed by atoms with Gasteiger partial charge in [-0.2, -0.15) is 8.78 Å². The summed E-state index contributed by atoms with van der Waals surface area (Å²) in [5.74, 6) is -5.40. The molecule has 3 nitrogen and oxygen atoms in total. The minimum absolute atomic E-state index is 0.136. The Labute approximate surface area is 113 Å². The summed E-state index contributed by atoms with van der Waals surface area (Å²) in [4.78, 5) is 7.20. The Morgan fingerprint density at radius 3 is 2.55 bits per heavy atom. The first-order chi connectivity index (χ1) is 9.37. The van der Waals surface area contributed by atoms with Gasteiger partial charge in [-0.05, 0) is 25.5 Å². The third-order valence-electron chi connectivity index (χ3n) is 2.84. The van der Waals surface area contributed by atoms with E-state index in [1.165, 1.54) is 0 Å². The SMILES string of the molecule is CCNc1nc(C(F)(F)C(F)F)nc2c(C)cccc12. The molecule has 1 aromatic carbocycles. The molecule has 0 amide bonds. The van der Waals surface area contributed by atoms with Crippen LogP contribution in [0, 0.1) is 6.92 Å². The molecule has 0 aliphatic rings. The number of aryl methyl sites for hydroxylation is 1. The maximum atomic E-state index is 13.5. The van der Waals surface area contributed by atoms with Gasteiger partial charge in [-0.3, -0.25) is 0 Å². The zero-order valence-electron chi connectivity index (χ0n) is 10.9. The van der Waals surface area contributed by atoms with E-state index in [1.807, 2.05) is 0 Å². The zero-order valence-corrected chi connectivity index (χ0v) is 10.9. The summed E-state index contributed by atoms with van der Waals surface area (Å²) >= 11 is 0. The fourth-order valence-corrected chi connectivity index (χ4v) is 1.84. The van der Waals surface area contributed by atoms with Crippen LogP contribution in [0.1, 0.15) is 18.3 Å². The lowest BCUT2D eigenvalue weighted by molar-refractivity contribution is -0.140. The number of anilines is 1. The van der Waals surface area contributed by atoms with Crippen molar-refractivity contribution in [1.29, 1.82) is 0 Å². The molecule has 2 aromatic rings.